The van der Waals surface area contributed by atoms with Crippen molar-refractivity contribution in [1.82, 2.24) is 10.6 Å². The zero-order valence-electron chi connectivity index (χ0n) is 12.3. The van der Waals surface area contributed by atoms with Crippen LogP contribution in [0.15, 0.2) is 4.99 Å². The quantitative estimate of drug-likeness (QED) is 0.444. The number of rotatable bonds is 6. The molecule has 0 radical (unpaired) electrons. The number of nitrogens with one attached hydrogen (secondary N) is 2. The normalized spacial score (nSPS) is 25.9. The molecule has 0 aromatic heterocycles. The van der Waals surface area contributed by atoms with Crippen LogP contribution in [0.4, 0.5) is 0 Å². The van der Waals surface area contributed by atoms with Crippen LogP contribution >= 0.6 is 11.8 Å². The highest BCUT2D eigenvalue weighted by Gasteiger charge is 2.25. The Hall–Kier alpha value is -0.230. The SMILES string of the molecule is CCS(=O)C1CCCC(NC(=NC)NCCSC)C1. The van der Waals surface area contributed by atoms with Gasteiger partial charge in [0.05, 0.1) is 0 Å². The molecule has 0 spiro atoms. The zero-order chi connectivity index (χ0) is 14.1. The Morgan fingerprint density at radius 2 is 2.26 bits per heavy atom. The molecule has 1 aliphatic carbocycles. The molecular formula is C13H27N3OS2. The van der Waals surface area contributed by atoms with Crippen LogP contribution in [-0.2, 0) is 10.8 Å². The maximum Gasteiger partial charge on any atom is 0.191 e. The second-order valence-electron chi connectivity index (χ2n) is 4.79. The summed E-state index contributed by atoms with van der Waals surface area (Å²) in [5.74, 6) is 2.73. The molecule has 0 amide bonds. The summed E-state index contributed by atoms with van der Waals surface area (Å²) in [5, 5.41) is 7.15. The minimum Gasteiger partial charge on any atom is -0.356 e. The van der Waals surface area contributed by atoms with Crippen molar-refractivity contribution in [3.05, 3.63) is 0 Å². The number of aliphatic imine (C=N–C) groups is 1. The number of guanidine groups is 1. The van der Waals surface area contributed by atoms with Gasteiger partial charge in [-0.2, -0.15) is 11.8 Å². The van der Waals surface area contributed by atoms with Crippen molar-refractivity contribution in [2.24, 2.45) is 4.99 Å². The van der Waals surface area contributed by atoms with Gasteiger partial charge in [-0.1, -0.05) is 13.3 Å². The summed E-state index contributed by atoms with van der Waals surface area (Å²) >= 11 is 1.82. The molecular weight excluding hydrogens is 278 g/mol. The number of hydrogen-bond acceptors (Lipinski definition) is 3. The van der Waals surface area contributed by atoms with E-state index in [4.69, 9.17) is 0 Å². The monoisotopic (exact) mass is 305 g/mol. The average Bonchev–Trinajstić information content (AvgIpc) is 2.45. The van der Waals surface area contributed by atoms with Crippen LogP contribution in [-0.4, -0.2) is 52.8 Å². The molecule has 1 rings (SSSR count). The van der Waals surface area contributed by atoms with E-state index in [9.17, 15) is 4.21 Å². The highest BCUT2D eigenvalue weighted by atomic mass is 32.2. The molecule has 0 bridgehead atoms. The molecule has 112 valence electrons. The first-order valence-electron chi connectivity index (χ1n) is 7.04. The molecule has 3 atom stereocenters. The molecule has 1 aliphatic rings. The minimum atomic E-state index is -0.661. The van der Waals surface area contributed by atoms with Crippen LogP contribution < -0.4 is 10.6 Å². The smallest absolute Gasteiger partial charge is 0.191 e. The first kappa shape index (κ1) is 16.8. The van der Waals surface area contributed by atoms with Crippen molar-refractivity contribution in [1.29, 1.82) is 0 Å². The Bertz CT molecular complexity index is 310. The molecule has 0 heterocycles. The first-order chi connectivity index (χ1) is 9.21. The lowest BCUT2D eigenvalue weighted by molar-refractivity contribution is 0.414. The Morgan fingerprint density at radius 1 is 1.47 bits per heavy atom. The zero-order valence-corrected chi connectivity index (χ0v) is 13.9. The lowest BCUT2D eigenvalue weighted by Gasteiger charge is -2.30. The molecule has 0 aromatic rings. The summed E-state index contributed by atoms with van der Waals surface area (Å²) in [7, 11) is 1.14. The van der Waals surface area contributed by atoms with Crippen LogP contribution in [0, 0.1) is 0 Å². The lowest BCUT2D eigenvalue weighted by Crippen LogP contribution is -2.47. The Balaban J connectivity index is 2.39. The van der Waals surface area contributed by atoms with Crippen molar-refractivity contribution >= 4 is 28.5 Å². The van der Waals surface area contributed by atoms with E-state index in [-0.39, 0.29) is 0 Å². The summed E-state index contributed by atoms with van der Waals surface area (Å²) in [6.45, 7) is 2.94. The van der Waals surface area contributed by atoms with Crippen LogP contribution in [0.3, 0.4) is 0 Å². The van der Waals surface area contributed by atoms with Gasteiger partial charge in [0, 0.05) is 47.2 Å². The van der Waals surface area contributed by atoms with Crippen molar-refractivity contribution in [2.45, 2.75) is 43.9 Å². The Morgan fingerprint density at radius 3 is 2.89 bits per heavy atom. The fourth-order valence-electron chi connectivity index (χ4n) is 2.41. The van der Waals surface area contributed by atoms with Gasteiger partial charge in [0.25, 0.3) is 0 Å². The summed E-state index contributed by atoms with van der Waals surface area (Å²) in [6, 6.07) is 0.412. The van der Waals surface area contributed by atoms with Gasteiger partial charge in [0.2, 0.25) is 0 Å². The fraction of sp³-hybridized carbons (Fsp3) is 0.923. The predicted octanol–water partition coefficient (Wildman–Crippen LogP) is 1.59. The van der Waals surface area contributed by atoms with Gasteiger partial charge in [0.1, 0.15) is 0 Å². The van der Waals surface area contributed by atoms with E-state index in [0.717, 1.165) is 49.7 Å². The summed E-state index contributed by atoms with van der Waals surface area (Å²) < 4.78 is 11.9. The van der Waals surface area contributed by atoms with Gasteiger partial charge in [-0.3, -0.25) is 9.20 Å². The molecule has 19 heavy (non-hydrogen) atoms. The van der Waals surface area contributed by atoms with Crippen LogP contribution in [0.1, 0.15) is 32.6 Å². The Labute approximate surface area is 124 Å². The van der Waals surface area contributed by atoms with Gasteiger partial charge in [-0.25, -0.2) is 0 Å². The largest absolute Gasteiger partial charge is 0.356 e. The molecule has 4 nitrogen and oxygen atoms in total. The van der Waals surface area contributed by atoms with E-state index < -0.39 is 10.8 Å². The number of nitrogens with zero attached hydrogens (tertiary/aromatic N) is 1. The topological polar surface area (TPSA) is 53.5 Å². The van der Waals surface area contributed by atoms with Gasteiger partial charge in [0.15, 0.2) is 5.96 Å². The van der Waals surface area contributed by atoms with Crippen molar-refractivity contribution < 1.29 is 4.21 Å². The molecule has 1 fully saturated rings. The maximum absolute atomic E-state index is 11.9. The summed E-state index contributed by atoms with van der Waals surface area (Å²) in [5.41, 5.74) is 0. The van der Waals surface area contributed by atoms with E-state index >= 15 is 0 Å². The molecule has 2 N–H and O–H groups in total. The summed E-state index contributed by atoms with van der Waals surface area (Å²) in [6.07, 6.45) is 6.53. The minimum absolute atomic E-state index is 0.362. The maximum atomic E-state index is 11.9. The summed E-state index contributed by atoms with van der Waals surface area (Å²) in [4.78, 5) is 4.25. The first-order valence-corrected chi connectivity index (χ1v) is 9.82. The molecule has 0 aromatic carbocycles. The fourth-order valence-corrected chi connectivity index (χ4v) is 4.06. The van der Waals surface area contributed by atoms with Gasteiger partial charge >= 0.3 is 0 Å². The van der Waals surface area contributed by atoms with Gasteiger partial charge in [-0.15, -0.1) is 0 Å². The van der Waals surface area contributed by atoms with E-state index in [1.165, 1.54) is 0 Å². The van der Waals surface area contributed by atoms with E-state index in [1.54, 1.807) is 7.05 Å². The standard InChI is InChI=1S/C13H27N3OS2/c1-4-19(17)12-7-5-6-11(10-12)16-13(14-2)15-8-9-18-3/h11-12H,4-10H2,1-3H3,(H2,14,15,16). The second kappa shape index (κ2) is 9.64. The lowest BCUT2D eigenvalue weighted by atomic mass is 9.95. The Kier molecular flexibility index (Phi) is 8.53. The van der Waals surface area contributed by atoms with Gasteiger partial charge < -0.3 is 10.6 Å². The molecule has 3 unspecified atom stereocenters. The van der Waals surface area contributed by atoms with Crippen LogP contribution in [0.25, 0.3) is 0 Å². The van der Waals surface area contributed by atoms with E-state index in [0.29, 0.717) is 11.3 Å². The van der Waals surface area contributed by atoms with Crippen molar-refractivity contribution in [3.8, 4) is 0 Å². The highest BCUT2D eigenvalue weighted by molar-refractivity contribution is 7.98. The van der Waals surface area contributed by atoms with Crippen molar-refractivity contribution in [3.63, 3.8) is 0 Å². The number of hydrogen-bond donors (Lipinski definition) is 2. The third-order valence-corrected chi connectivity index (χ3v) is 5.80. The molecule has 0 aliphatic heterocycles. The van der Waals surface area contributed by atoms with Crippen LogP contribution in [0.5, 0.6) is 0 Å². The van der Waals surface area contributed by atoms with E-state index in [2.05, 4.69) is 21.9 Å². The van der Waals surface area contributed by atoms with Gasteiger partial charge in [-0.05, 0) is 25.5 Å². The third kappa shape index (κ3) is 6.17. The third-order valence-electron chi connectivity index (χ3n) is 3.45. The average molecular weight is 306 g/mol. The van der Waals surface area contributed by atoms with E-state index in [1.807, 2.05) is 18.7 Å². The van der Waals surface area contributed by atoms with Crippen molar-refractivity contribution in [2.75, 3.05) is 31.4 Å². The molecule has 6 heteroatoms. The predicted molar refractivity (Wildman–Crippen MR) is 87.6 cm³/mol. The molecule has 1 saturated carbocycles. The highest BCUT2D eigenvalue weighted by Crippen LogP contribution is 2.22. The number of thioether (sulfide) groups is 1. The molecule has 0 saturated heterocycles. The second-order valence-corrected chi connectivity index (χ2v) is 7.78. The van der Waals surface area contributed by atoms with Crippen LogP contribution in [0.2, 0.25) is 0 Å².